The molecule has 2 aromatic carbocycles. The van der Waals surface area contributed by atoms with Crippen LogP contribution < -0.4 is 15.4 Å². The first-order valence-electron chi connectivity index (χ1n) is 9.27. The van der Waals surface area contributed by atoms with E-state index >= 15 is 0 Å². The topological polar surface area (TPSA) is 87.7 Å². The molecule has 0 bridgehead atoms. The van der Waals surface area contributed by atoms with Gasteiger partial charge in [-0.05, 0) is 67.2 Å². The van der Waals surface area contributed by atoms with Crippen molar-refractivity contribution in [2.75, 3.05) is 25.0 Å². The van der Waals surface area contributed by atoms with E-state index in [1.54, 1.807) is 32.0 Å². The number of carbonyl (C=O) groups excluding carboxylic acids is 1. The molecule has 0 saturated carbocycles. The van der Waals surface area contributed by atoms with Crippen molar-refractivity contribution in [1.29, 1.82) is 0 Å². The highest BCUT2D eigenvalue weighted by molar-refractivity contribution is 9.10. The second-order valence-corrected chi connectivity index (χ2v) is 9.58. The Labute approximate surface area is 191 Å². The fraction of sp³-hybridized carbons (Fsp3) is 0.300. The number of carbonyl (C=O) groups is 1. The lowest BCUT2D eigenvalue weighted by molar-refractivity contribution is -0.121. The zero-order chi connectivity index (χ0) is 22.3. The van der Waals surface area contributed by atoms with Crippen LogP contribution in [0, 0.1) is 6.92 Å². The van der Waals surface area contributed by atoms with Crippen molar-refractivity contribution in [3.05, 3.63) is 52.5 Å². The van der Waals surface area contributed by atoms with Gasteiger partial charge in [0.25, 0.3) is 5.91 Å². The highest BCUT2D eigenvalue weighted by atomic mass is 79.9. The number of hydrogen-bond donors (Lipinski definition) is 2. The lowest BCUT2D eigenvalue weighted by Gasteiger charge is -2.18. The Bertz CT molecular complexity index is 1010. The number of thiocarbonyl (C=S) groups is 1. The smallest absolute Gasteiger partial charge is 0.264 e. The third kappa shape index (κ3) is 6.49. The van der Waals surface area contributed by atoms with Gasteiger partial charge in [-0.15, -0.1) is 0 Å². The van der Waals surface area contributed by atoms with E-state index in [1.165, 1.54) is 16.4 Å². The molecule has 162 valence electrons. The quantitative estimate of drug-likeness (QED) is 0.523. The SMILES string of the molecule is CCN(CC)S(=O)(=O)c1ccc(NC(=S)NC(=O)COc2ccc(Br)cc2C)cc1. The zero-order valence-corrected chi connectivity index (χ0v) is 20.2. The summed E-state index contributed by atoms with van der Waals surface area (Å²) in [5.74, 6) is 0.202. The predicted octanol–water partition coefficient (Wildman–Crippen LogP) is 3.68. The highest BCUT2D eigenvalue weighted by Crippen LogP contribution is 2.22. The number of ether oxygens (including phenoxy) is 1. The number of rotatable bonds is 8. The number of nitrogens with zero attached hydrogens (tertiary/aromatic N) is 1. The molecule has 0 atom stereocenters. The number of sulfonamides is 1. The summed E-state index contributed by atoms with van der Waals surface area (Å²) in [6, 6.07) is 11.7. The summed E-state index contributed by atoms with van der Waals surface area (Å²) in [5.41, 5.74) is 1.46. The number of aryl methyl sites for hydroxylation is 1. The largest absolute Gasteiger partial charge is 0.483 e. The van der Waals surface area contributed by atoms with Crippen LogP contribution in [0.3, 0.4) is 0 Å². The molecule has 0 aliphatic rings. The predicted molar refractivity (Wildman–Crippen MR) is 125 cm³/mol. The number of halogens is 1. The maximum atomic E-state index is 12.5. The molecule has 2 rings (SSSR count). The Balaban J connectivity index is 1.90. The van der Waals surface area contributed by atoms with Crippen molar-refractivity contribution in [2.45, 2.75) is 25.7 Å². The molecule has 0 aliphatic heterocycles. The van der Waals surface area contributed by atoms with Crippen molar-refractivity contribution < 1.29 is 17.9 Å². The maximum Gasteiger partial charge on any atom is 0.264 e. The third-order valence-electron chi connectivity index (χ3n) is 4.20. The molecule has 0 fully saturated rings. The van der Waals surface area contributed by atoms with Crippen LogP contribution in [0.25, 0.3) is 0 Å². The van der Waals surface area contributed by atoms with Gasteiger partial charge in [0, 0.05) is 23.2 Å². The normalized spacial score (nSPS) is 11.2. The summed E-state index contributed by atoms with van der Waals surface area (Å²) in [6.07, 6.45) is 0. The van der Waals surface area contributed by atoms with E-state index in [4.69, 9.17) is 17.0 Å². The van der Waals surface area contributed by atoms with Gasteiger partial charge >= 0.3 is 0 Å². The van der Waals surface area contributed by atoms with Gasteiger partial charge in [-0.1, -0.05) is 29.8 Å². The van der Waals surface area contributed by atoms with Gasteiger partial charge < -0.3 is 10.1 Å². The van der Waals surface area contributed by atoms with E-state index in [-0.39, 0.29) is 16.6 Å². The molecule has 2 aromatic rings. The van der Waals surface area contributed by atoms with E-state index < -0.39 is 15.9 Å². The average molecular weight is 514 g/mol. The molecule has 2 N–H and O–H groups in total. The minimum absolute atomic E-state index is 0.0930. The highest BCUT2D eigenvalue weighted by Gasteiger charge is 2.21. The van der Waals surface area contributed by atoms with Crippen LogP contribution in [0.1, 0.15) is 19.4 Å². The van der Waals surface area contributed by atoms with Crippen LogP contribution in [-0.2, 0) is 14.8 Å². The number of nitrogens with one attached hydrogen (secondary N) is 2. The van der Waals surface area contributed by atoms with Crippen LogP contribution >= 0.6 is 28.1 Å². The minimum atomic E-state index is -3.52. The average Bonchev–Trinajstić information content (AvgIpc) is 2.68. The van der Waals surface area contributed by atoms with Gasteiger partial charge in [-0.25, -0.2) is 8.42 Å². The molecule has 0 radical (unpaired) electrons. The van der Waals surface area contributed by atoms with E-state index in [0.717, 1.165) is 10.0 Å². The molecule has 7 nitrogen and oxygen atoms in total. The van der Waals surface area contributed by atoms with Crippen molar-refractivity contribution in [2.24, 2.45) is 0 Å². The summed E-state index contributed by atoms with van der Waals surface area (Å²) in [5, 5.41) is 5.48. The second-order valence-electron chi connectivity index (χ2n) is 6.31. The molecule has 0 unspecified atom stereocenters. The lowest BCUT2D eigenvalue weighted by atomic mass is 10.2. The van der Waals surface area contributed by atoms with Crippen LogP contribution in [0.2, 0.25) is 0 Å². The van der Waals surface area contributed by atoms with Gasteiger partial charge in [0.15, 0.2) is 11.7 Å². The van der Waals surface area contributed by atoms with Crippen LogP contribution in [-0.4, -0.2) is 43.4 Å². The summed E-state index contributed by atoms with van der Waals surface area (Å²) in [6.45, 7) is 6.08. The van der Waals surface area contributed by atoms with Crippen molar-refractivity contribution >= 4 is 54.9 Å². The zero-order valence-electron chi connectivity index (χ0n) is 16.9. The molecular formula is C20H24BrN3O4S2. The van der Waals surface area contributed by atoms with E-state index in [9.17, 15) is 13.2 Å². The fourth-order valence-electron chi connectivity index (χ4n) is 2.67. The Morgan fingerprint density at radius 3 is 2.33 bits per heavy atom. The number of anilines is 1. The maximum absolute atomic E-state index is 12.5. The van der Waals surface area contributed by atoms with Crippen molar-refractivity contribution in [3.63, 3.8) is 0 Å². The van der Waals surface area contributed by atoms with E-state index in [1.807, 2.05) is 19.1 Å². The molecule has 0 heterocycles. The standard InChI is InChI=1S/C20H24BrN3O4S2/c1-4-24(5-2)30(26,27)17-9-7-16(8-10-17)22-20(29)23-19(25)13-28-18-11-6-15(21)12-14(18)3/h6-12H,4-5,13H2,1-3H3,(H2,22,23,25,29). The molecule has 1 amide bonds. The second kappa shape index (κ2) is 10.9. The molecule has 0 aliphatic carbocycles. The minimum Gasteiger partial charge on any atom is -0.483 e. The molecule has 10 heteroatoms. The first kappa shape index (κ1) is 24.3. The lowest BCUT2D eigenvalue weighted by Crippen LogP contribution is -2.37. The number of benzene rings is 2. The molecule has 0 aromatic heterocycles. The van der Waals surface area contributed by atoms with Gasteiger partial charge in [-0.3, -0.25) is 10.1 Å². The van der Waals surface area contributed by atoms with Gasteiger partial charge in [0.1, 0.15) is 5.75 Å². The molecule has 30 heavy (non-hydrogen) atoms. The van der Waals surface area contributed by atoms with Crippen molar-refractivity contribution in [1.82, 2.24) is 9.62 Å². The van der Waals surface area contributed by atoms with Gasteiger partial charge in [-0.2, -0.15) is 4.31 Å². The monoisotopic (exact) mass is 513 g/mol. The Morgan fingerprint density at radius 2 is 1.77 bits per heavy atom. The Hall–Kier alpha value is -2.01. The number of amides is 1. The Kier molecular flexibility index (Phi) is 8.78. The summed E-state index contributed by atoms with van der Waals surface area (Å²) < 4.78 is 32.8. The molecular weight excluding hydrogens is 490 g/mol. The van der Waals surface area contributed by atoms with Gasteiger partial charge in [0.05, 0.1) is 4.90 Å². The first-order valence-corrected chi connectivity index (χ1v) is 11.9. The summed E-state index contributed by atoms with van der Waals surface area (Å²) in [7, 11) is -3.52. The van der Waals surface area contributed by atoms with Crippen LogP contribution in [0.5, 0.6) is 5.75 Å². The third-order valence-corrected chi connectivity index (χ3v) is 6.97. The van der Waals surface area contributed by atoms with Crippen LogP contribution in [0.15, 0.2) is 51.8 Å². The number of hydrogen-bond acceptors (Lipinski definition) is 5. The molecule has 0 saturated heterocycles. The molecule has 0 spiro atoms. The van der Waals surface area contributed by atoms with E-state index in [2.05, 4.69) is 26.6 Å². The Morgan fingerprint density at radius 1 is 1.13 bits per heavy atom. The van der Waals surface area contributed by atoms with Gasteiger partial charge in [0.2, 0.25) is 10.0 Å². The summed E-state index contributed by atoms with van der Waals surface area (Å²) in [4.78, 5) is 12.3. The summed E-state index contributed by atoms with van der Waals surface area (Å²) >= 11 is 8.51. The first-order chi connectivity index (χ1) is 14.2. The van der Waals surface area contributed by atoms with E-state index in [0.29, 0.717) is 24.5 Å². The van der Waals surface area contributed by atoms with Crippen molar-refractivity contribution in [3.8, 4) is 5.75 Å². The fourth-order valence-corrected chi connectivity index (χ4v) is 4.83. The van der Waals surface area contributed by atoms with Crippen LogP contribution in [0.4, 0.5) is 5.69 Å².